The van der Waals surface area contributed by atoms with Crippen molar-refractivity contribution >= 4 is 0 Å². The second-order valence-corrected chi connectivity index (χ2v) is 3.60. The molecule has 1 heterocycles. The molecule has 0 aliphatic heterocycles. The van der Waals surface area contributed by atoms with Crippen LogP contribution in [-0.4, -0.2) is 12.1 Å². The summed E-state index contributed by atoms with van der Waals surface area (Å²) in [6.07, 6.45) is -3.42. The molecule has 0 aliphatic rings. The second-order valence-electron chi connectivity index (χ2n) is 3.60. The normalized spacial score (nSPS) is 11.3. The Morgan fingerprint density at radius 1 is 1.06 bits per heavy atom. The number of alkyl halides is 3. The molecule has 94 valence electrons. The van der Waals surface area contributed by atoms with Gasteiger partial charge in [0, 0.05) is 6.20 Å². The molecule has 0 saturated heterocycles. The number of rotatable bonds is 2. The molecule has 0 bridgehead atoms. The fourth-order valence-electron chi connectivity index (χ4n) is 1.71. The predicted molar refractivity (Wildman–Crippen MR) is 61.2 cm³/mol. The van der Waals surface area contributed by atoms with Crippen molar-refractivity contribution in [1.29, 1.82) is 0 Å². The lowest BCUT2D eigenvalue weighted by molar-refractivity contribution is -0.140. The van der Waals surface area contributed by atoms with Crippen molar-refractivity contribution in [2.75, 3.05) is 7.11 Å². The first kappa shape index (κ1) is 12.4. The van der Waals surface area contributed by atoms with E-state index in [1.54, 1.807) is 30.3 Å². The molecule has 1 aromatic heterocycles. The van der Waals surface area contributed by atoms with Gasteiger partial charge >= 0.3 is 6.18 Å². The monoisotopic (exact) mass is 253 g/mol. The Hall–Kier alpha value is -2.04. The molecule has 0 spiro atoms. The summed E-state index contributed by atoms with van der Waals surface area (Å²) in [6, 6.07) is 9.67. The Morgan fingerprint density at radius 2 is 1.72 bits per heavy atom. The SMILES string of the molecule is COc1ccnc(C(F)(F)F)c1-c1ccccc1. The number of ether oxygens (including phenoxy) is 1. The van der Waals surface area contributed by atoms with Crippen molar-refractivity contribution in [3.05, 3.63) is 48.3 Å². The molecular weight excluding hydrogens is 243 g/mol. The number of hydrogen-bond acceptors (Lipinski definition) is 2. The largest absolute Gasteiger partial charge is 0.496 e. The maximum Gasteiger partial charge on any atom is 0.434 e. The Labute approximate surface area is 102 Å². The van der Waals surface area contributed by atoms with Gasteiger partial charge in [0.05, 0.1) is 12.7 Å². The van der Waals surface area contributed by atoms with Crippen LogP contribution in [0, 0.1) is 0 Å². The highest BCUT2D eigenvalue weighted by molar-refractivity contribution is 5.73. The van der Waals surface area contributed by atoms with Gasteiger partial charge in [-0.2, -0.15) is 13.2 Å². The standard InChI is InChI=1S/C13H10F3NO/c1-18-10-7-8-17-12(13(14,15)16)11(10)9-5-3-2-4-6-9/h2-8H,1H3. The summed E-state index contributed by atoms with van der Waals surface area (Å²) in [7, 11) is 1.34. The highest BCUT2D eigenvalue weighted by Gasteiger charge is 2.37. The van der Waals surface area contributed by atoms with Crippen molar-refractivity contribution in [1.82, 2.24) is 4.98 Å². The Bertz CT molecular complexity index is 538. The molecule has 5 heteroatoms. The van der Waals surface area contributed by atoms with Crippen LogP contribution in [0.1, 0.15) is 5.69 Å². The lowest BCUT2D eigenvalue weighted by Crippen LogP contribution is -2.10. The van der Waals surface area contributed by atoms with Gasteiger partial charge in [0.2, 0.25) is 0 Å². The van der Waals surface area contributed by atoms with Crippen LogP contribution in [0.15, 0.2) is 42.6 Å². The smallest absolute Gasteiger partial charge is 0.434 e. The summed E-state index contributed by atoms with van der Waals surface area (Å²) in [5.74, 6) is 0.156. The molecule has 18 heavy (non-hydrogen) atoms. The number of halogens is 3. The minimum Gasteiger partial charge on any atom is -0.496 e. The first-order chi connectivity index (χ1) is 8.54. The van der Waals surface area contributed by atoms with E-state index in [2.05, 4.69) is 4.98 Å². The van der Waals surface area contributed by atoms with Crippen molar-refractivity contribution in [3.8, 4) is 16.9 Å². The number of aromatic nitrogens is 1. The van der Waals surface area contributed by atoms with Crippen molar-refractivity contribution in [2.45, 2.75) is 6.18 Å². The predicted octanol–water partition coefficient (Wildman–Crippen LogP) is 3.78. The number of hydrogen-bond donors (Lipinski definition) is 0. The molecule has 0 atom stereocenters. The van der Waals surface area contributed by atoms with Gasteiger partial charge < -0.3 is 4.74 Å². The average Bonchev–Trinajstić information content (AvgIpc) is 2.38. The van der Waals surface area contributed by atoms with Gasteiger partial charge in [-0.3, -0.25) is 4.98 Å². The number of pyridine rings is 1. The van der Waals surface area contributed by atoms with E-state index in [1.807, 2.05) is 0 Å². The Morgan fingerprint density at radius 3 is 2.28 bits per heavy atom. The molecular formula is C13H10F3NO. The quantitative estimate of drug-likeness (QED) is 0.812. The highest BCUT2D eigenvalue weighted by atomic mass is 19.4. The van der Waals surface area contributed by atoms with Gasteiger partial charge in [0.15, 0.2) is 5.69 Å². The third-order valence-corrected chi connectivity index (χ3v) is 2.46. The van der Waals surface area contributed by atoms with E-state index in [0.29, 0.717) is 5.56 Å². The topological polar surface area (TPSA) is 22.1 Å². The van der Waals surface area contributed by atoms with Crippen molar-refractivity contribution in [2.24, 2.45) is 0 Å². The van der Waals surface area contributed by atoms with Gasteiger partial charge in [-0.05, 0) is 11.6 Å². The molecule has 0 N–H and O–H groups in total. The highest BCUT2D eigenvalue weighted by Crippen LogP contribution is 2.40. The van der Waals surface area contributed by atoms with Crippen molar-refractivity contribution in [3.63, 3.8) is 0 Å². The van der Waals surface area contributed by atoms with Crippen LogP contribution >= 0.6 is 0 Å². The number of nitrogens with zero attached hydrogens (tertiary/aromatic N) is 1. The molecule has 0 fully saturated rings. The Balaban J connectivity index is 2.70. The zero-order valence-electron chi connectivity index (χ0n) is 9.53. The first-order valence-corrected chi connectivity index (χ1v) is 5.19. The Kier molecular flexibility index (Phi) is 3.23. The van der Waals surface area contributed by atoms with Crippen LogP contribution < -0.4 is 4.74 Å². The van der Waals surface area contributed by atoms with Gasteiger partial charge in [-0.15, -0.1) is 0 Å². The van der Waals surface area contributed by atoms with Gasteiger partial charge in [0.1, 0.15) is 5.75 Å². The lowest BCUT2D eigenvalue weighted by Gasteiger charge is -2.15. The third-order valence-electron chi connectivity index (χ3n) is 2.46. The molecule has 0 saturated carbocycles. The zero-order chi connectivity index (χ0) is 13.2. The summed E-state index contributed by atoms with van der Waals surface area (Å²) in [4.78, 5) is 3.43. The van der Waals surface area contributed by atoms with E-state index < -0.39 is 11.9 Å². The zero-order valence-corrected chi connectivity index (χ0v) is 9.53. The molecule has 2 rings (SSSR count). The fraction of sp³-hybridized carbons (Fsp3) is 0.154. The van der Waals surface area contributed by atoms with Crippen LogP contribution in [0.4, 0.5) is 13.2 Å². The molecule has 0 radical (unpaired) electrons. The summed E-state index contributed by atoms with van der Waals surface area (Å²) in [5.41, 5.74) is -0.545. The van der Waals surface area contributed by atoms with Crippen molar-refractivity contribution < 1.29 is 17.9 Å². The van der Waals surface area contributed by atoms with Gasteiger partial charge in [-0.1, -0.05) is 30.3 Å². The van der Waals surface area contributed by atoms with Crippen LogP contribution in [0.5, 0.6) is 5.75 Å². The second kappa shape index (κ2) is 4.68. The number of benzene rings is 1. The summed E-state index contributed by atoms with van der Waals surface area (Å²) < 4.78 is 43.8. The summed E-state index contributed by atoms with van der Waals surface area (Å²) in [5, 5.41) is 0. The van der Waals surface area contributed by atoms with Crippen LogP contribution in [0.3, 0.4) is 0 Å². The van der Waals surface area contributed by atoms with E-state index >= 15 is 0 Å². The minimum absolute atomic E-state index is 0.0342. The van der Waals surface area contributed by atoms with E-state index in [4.69, 9.17) is 4.74 Å². The molecule has 2 aromatic rings. The molecule has 0 aliphatic carbocycles. The van der Waals surface area contributed by atoms with Crippen LogP contribution in [-0.2, 0) is 6.18 Å². The third kappa shape index (κ3) is 2.30. The van der Waals surface area contributed by atoms with Crippen LogP contribution in [0.2, 0.25) is 0 Å². The van der Waals surface area contributed by atoms with E-state index in [9.17, 15) is 13.2 Å². The molecule has 0 amide bonds. The van der Waals surface area contributed by atoms with Crippen LogP contribution in [0.25, 0.3) is 11.1 Å². The average molecular weight is 253 g/mol. The van der Waals surface area contributed by atoms with E-state index in [0.717, 1.165) is 6.20 Å². The molecule has 1 aromatic carbocycles. The van der Waals surface area contributed by atoms with Gasteiger partial charge in [-0.25, -0.2) is 0 Å². The maximum atomic E-state index is 12.9. The summed E-state index contributed by atoms with van der Waals surface area (Å²) >= 11 is 0. The van der Waals surface area contributed by atoms with E-state index in [-0.39, 0.29) is 11.3 Å². The van der Waals surface area contributed by atoms with E-state index in [1.165, 1.54) is 13.2 Å². The minimum atomic E-state index is -4.51. The van der Waals surface area contributed by atoms with Gasteiger partial charge in [0.25, 0.3) is 0 Å². The molecule has 2 nitrogen and oxygen atoms in total. The summed E-state index contributed by atoms with van der Waals surface area (Å²) in [6.45, 7) is 0. The fourth-order valence-corrected chi connectivity index (χ4v) is 1.71. The molecule has 0 unspecified atom stereocenters. The maximum absolute atomic E-state index is 12.9. The lowest BCUT2D eigenvalue weighted by atomic mass is 10.0. The first-order valence-electron chi connectivity index (χ1n) is 5.19. The number of methoxy groups -OCH3 is 1.